The molecule has 1 aromatic carbocycles. The molecule has 1 N–H and O–H groups in total. The highest BCUT2D eigenvalue weighted by molar-refractivity contribution is 6.30. The predicted octanol–water partition coefficient (Wildman–Crippen LogP) is 3.56. The van der Waals surface area contributed by atoms with E-state index in [4.69, 9.17) is 11.6 Å². The SMILES string of the molecule is CCC1(C(=O)O)CCCN(Cc2cc(F)cc(Cl)c2)C1. The molecule has 20 heavy (non-hydrogen) atoms. The number of carboxylic acid groups (broad SMARTS) is 1. The summed E-state index contributed by atoms with van der Waals surface area (Å²) in [5.74, 6) is -1.09. The number of piperidine rings is 1. The third-order valence-corrected chi connectivity index (χ3v) is 4.33. The molecule has 1 heterocycles. The minimum Gasteiger partial charge on any atom is -0.481 e. The van der Waals surface area contributed by atoms with Crippen molar-refractivity contribution in [3.8, 4) is 0 Å². The molecule has 0 amide bonds. The normalized spacial score (nSPS) is 23.8. The fourth-order valence-electron chi connectivity index (χ4n) is 2.94. The molecule has 0 aliphatic carbocycles. The van der Waals surface area contributed by atoms with Crippen LogP contribution >= 0.6 is 11.6 Å². The number of hydrogen-bond donors (Lipinski definition) is 1. The van der Waals surface area contributed by atoms with E-state index < -0.39 is 11.4 Å². The van der Waals surface area contributed by atoms with Gasteiger partial charge in [0.1, 0.15) is 5.82 Å². The Hall–Kier alpha value is -1.13. The molecule has 5 heteroatoms. The van der Waals surface area contributed by atoms with Crippen LogP contribution in [0, 0.1) is 11.2 Å². The highest BCUT2D eigenvalue weighted by Crippen LogP contribution is 2.34. The highest BCUT2D eigenvalue weighted by Gasteiger charge is 2.40. The topological polar surface area (TPSA) is 40.5 Å². The third kappa shape index (κ3) is 3.30. The zero-order chi connectivity index (χ0) is 14.8. The van der Waals surface area contributed by atoms with Crippen LogP contribution in [-0.4, -0.2) is 29.1 Å². The highest BCUT2D eigenvalue weighted by atomic mass is 35.5. The fraction of sp³-hybridized carbons (Fsp3) is 0.533. The van der Waals surface area contributed by atoms with Gasteiger partial charge < -0.3 is 5.11 Å². The maximum atomic E-state index is 13.3. The lowest BCUT2D eigenvalue weighted by Gasteiger charge is -2.39. The zero-order valence-electron chi connectivity index (χ0n) is 11.5. The van der Waals surface area contributed by atoms with Crippen molar-refractivity contribution in [3.05, 3.63) is 34.6 Å². The van der Waals surface area contributed by atoms with E-state index in [-0.39, 0.29) is 5.82 Å². The Kier molecular flexibility index (Phi) is 4.66. The van der Waals surface area contributed by atoms with Crippen LogP contribution in [0.1, 0.15) is 31.7 Å². The maximum Gasteiger partial charge on any atom is 0.310 e. The molecule has 1 atom stereocenters. The van der Waals surface area contributed by atoms with E-state index in [1.165, 1.54) is 12.1 Å². The Morgan fingerprint density at radius 1 is 1.50 bits per heavy atom. The molecule has 1 saturated heterocycles. The lowest BCUT2D eigenvalue weighted by molar-refractivity contribution is -0.153. The van der Waals surface area contributed by atoms with Gasteiger partial charge in [0.2, 0.25) is 0 Å². The summed E-state index contributed by atoms with van der Waals surface area (Å²) in [5.41, 5.74) is 0.113. The summed E-state index contributed by atoms with van der Waals surface area (Å²) in [4.78, 5) is 13.6. The van der Waals surface area contributed by atoms with Crippen molar-refractivity contribution in [2.24, 2.45) is 5.41 Å². The van der Waals surface area contributed by atoms with Gasteiger partial charge in [-0.3, -0.25) is 9.69 Å². The summed E-state index contributed by atoms with van der Waals surface area (Å²) in [7, 11) is 0. The molecule has 110 valence electrons. The second kappa shape index (κ2) is 6.10. The minimum absolute atomic E-state index is 0.357. The Labute approximate surface area is 123 Å². The number of likely N-dealkylation sites (tertiary alicyclic amines) is 1. The molecule has 0 spiro atoms. The van der Waals surface area contributed by atoms with Gasteiger partial charge in [0.15, 0.2) is 0 Å². The third-order valence-electron chi connectivity index (χ3n) is 4.11. The van der Waals surface area contributed by atoms with E-state index in [2.05, 4.69) is 4.90 Å². The number of benzene rings is 1. The number of rotatable bonds is 4. The second-order valence-electron chi connectivity index (χ2n) is 5.53. The van der Waals surface area contributed by atoms with Crippen LogP contribution in [0.5, 0.6) is 0 Å². The molecule has 0 saturated carbocycles. The van der Waals surface area contributed by atoms with Crippen LogP contribution < -0.4 is 0 Å². The summed E-state index contributed by atoms with van der Waals surface area (Å²) >= 11 is 5.85. The molecule has 0 radical (unpaired) electrons. The van der Waals surface area contributed by atoms with Gasteiger partial charge in [-0.25, -0.2) is 4.39 Å². The average Bonchev–Trinajstić information content (AvgIpc) is 2.37. The monoisotopic (exact) mass is 299 g/mol. The summed E-state index contributed by atoms with van der Waals surface area (Å²) in [5, 5.41) is 9.83. The van der Waals surface area contributed by atoms with Gasteiger partial charge in [0.05, 0.1) is 5.41 Å². The number of carboxylic acids is 1. The quantitative estimate of drug-likeness (QED) is 0.924. The molecule has 1 aliphatic rings. The largest absolute Gasteiger partial charge is 0.481 e. The molecule has 2 rings (SSSR count). The fourth-order valence-corrected chi connectivity index (χ4v) is 3.18. The number of carbonyl (C=O) groups is 1. The molecule has 1 unspecified atom stereocenters. The standard InChI is InChI=1S/C15H19ClFNO2/c1-2-15(14(19)20)4-3-5-18(10-15)9-11-6-12(16)8-13(17)7-11/h6-8H,2-5,9-10H2,1H3,(H,19,20). The summed E-state index contributed by atoms with van der Waals surface area (Å²) in [6, 6.07) is 4.46. The predicted molar refractivity (Wildman–Crippen MR) is 76.3 cm³/mol. The van der Waals surface area contributed by atoms with Crippen LogP contribution in [0.2, 0.25) is 5.02 Å². The first-order chi connectivity index (χ1) is 9.45. The van der Waals surface area contributed by atoms with Gasteiger partial charge in [-0.05, 0) is 49.6 Å². The molecule has 1 aromatic rings. The Balaban J connectivity index is 2.11. The van der Waals surface area contributed by atoms with Gasteiger partial charge in [0.25, 0.3) is 0 Å². The van der Waals surface area contributed by atoms with Crippen LogP contribution in [0.25, 0.3) is 0 Å². The average molecular weight is 300 g/mol. The molecule has 1 aliphatic heterocycles. The number of aliphatic carboxylic acids is 1. The van der Waals surface area contributed by atoms with Crippen LogP contribution in [0.3, 0.4) is 0 Å². The van der Waals surface area contributed by atoms with Crippen molar-refractivity contribution in [2.75, 3.05) is 13.1 Å². The van der Waals surface area contributed by atoms with Gasteiger partial charge in [-0.1, -0.05) is 18.5 Å². The number of nitrogens with zero attached hydrogens (tertiary/aromatic N) is 1. The van der Waals surface area contributed by atoms with Crippen LogP contribution in [-0.2, 0) is 11.3 Å². The number of halogens is 2. The van der Waals surface area contributed by atoms with Crippen molar-refractivity contribution in [3.63, 3.8) is 0 Å². The lowest BCUT2D eigenvalue weighted by atomic mass is 9.77. The Bertz CT molecular complexity index is 488. The first-order valence-electron chi connectivity index (χ1n) is 6.86. The summed E-state index contributed by atoms with van der Waals surface area (Å²) in [6.45, 7) is 3.79. The van der Waals surface area contributed by atoms with E-state index in [1.54, 1.807) is 6.07 Å². The first kappa shape index (κ1) is 15.3. The van der Waals surface area contributed by atoms with Crippen molar-refractivity contribution in [1.29, 1.82) is 0 Å². The molecular weight excluding hydrogens is 281 g/mol. The maximum absolute atomic E-state index is 13.3. The zero-order valence-corrected chi connectivity index (χ0v) is 12.3. The molecule has 3 nitrogen and oxygen atoms in total. The first-order valence-corrected chi connectivity index (χ1v) is 7.24. The van der Waals surface area contributed by atoms with E-state index in [9.17, 15) is 14.3 Å². The van der Waals surface area contributed by atoms with Gasteiger partial charge in [-0.2, -0.15) is 0 Å². The minimum atomic E-state index is -0.734. The van der Waals surface area contributed by atoms with E-state index in [0.29, 0.717) is 31.0 Å². The van der Waals surface area contributed by atoms with E-state index in [1.807, 2.05) is 6.92 Å². The molecule has 1 fully saturated rings. The van der Waals surface area contributed by atoms with Crippen molar-refractivity contribution < 1.29 is 14.3 Å². The van der Waals surface area contributed by atoms with Crippen LogP contribution in [0.15, 0.2) is 18.2 Å². The van der Waals surface area contributed by atoms with E-state index >= 15 is 0 Å². The summed E-state index contributed by atoms with van der Waals surface area (Å²) < 4.78 is 13.3. The Morgan fingerprint density at radius 3 is 2.85 bits per heavy atom. The lowest BCUT2D eigenvalue weighted by Crippen LogP contribution is -2.47. The van der Waals surface area contributed by atoms with Crippen LogP contribution in [0.4, 0.5) is 4.39 Å². The molecule has 0 bridgehead atoms. The second-order valence-corrected chi connectivity index (χ2v) is 5.97. The number of hydrogen-bond acceptors (Lipinski definition) is 2. The molecule has 0 aromatic heterocycles. The Morgan fingerprint density at radius 2 is 2.25 bits per heavy atom. The van der Waals surface area contributed by atoms with Crippen molar-refractivity contribution >= 4 is 17.6 Å². The summed E-state index contributed by atoms with van der Waals surface area (Å²) in [6.07, 6.45) is 2.17. The van der Waals surface area contributed by atoms with Gasteiger partial charge >= 0.3 is 5.97 Å². The van der Waals surface area contributed by atoms with E-state index in [0.717, 1.165) is 18.5 Å². The smallest absolute Gasteiger partial charge is 0.310 e. The molecular formula is C15H19ClFNO2. The van der Waals surface area contributed by atoms with Crippen molar-refractivity contribution in [1.82, 2.24) is 4.90 Å². The van der Waals surface area contributed by atoms with Gasteiger partial charge in [0, 0.05) is 18.1 Å². The van der Waals surface area contributed by atoms with Gasteiger partial charge in [-0.15, -0.1) is 0 Å². The van der Waals surface area contributed by atoms with Crippen molar-refractivity contribution in [2.45, 2.75) is 32.7 Å².